The number of tetrazole rings is 1. The first-order valence-electron chi connectivity index (χ1n) is 7.97. The molecule has 1 amide bonds. The zero-order valence-electron chi connectivity index (χ0n) is 15.0. The second-order valence-corrected chi connectivity index (χ2v) is 6.39. The van der Waals surface area contributed by atoms with Crippen molar-refractivity contribution in [2.45, 2.75) is 12.1 Å². The number of anilines is 1. The lowest BCUT2D eigenvalue weighted by Crippen LogP contribution is -2.15. The van der Waals surface area contributed by atoms with E-state index in [-0.39, 0.29) is 11.7 Å². The zero-order valence-corrected chi connectivity index (χ0v) is 15.9. The van der Waals surface area contributed by atoms with Crippen LogP contribution in [-0.2, 0) is 4.79 Å². The van der Waals surface area contributed by atoms with Crippen molar-refractivity contribution in [3.63, 3.8) is 0 Å². The smallest absolute Gasteiger partial charge is 0.236 e. The number of thioether (sulfide) groups is 1. The third-order valence-corrected chi connectivity index (χ3v) is 4.43. The van der Waals surface area contributed by atoms with Gasteiger partial charge in [0.2, 0.25) is 11.1 Å². The minimum Gasteiger partial charge on any atom is -0.497 e. The zero-order chi connectivity index (χ0) is 19.2. The largest absolute Gasteiger partial charge is 0.497 e. The van der Waals surface area contributed by atoms with E-state index in [2.05, 4.69) is 25.8 Å². The molecule has 2 heterocycles. The fraction of sp³-hybridized carbons (Fsp3) is 0.235. The highest BCUT2D eigenvalue weighted by Crippen LogP contribution is 2.27. The lowest BCUT2D eigenvalue weighted by Gasteiger charge is -2.09. The molecule has 1 aromatic carbocycles. The standard InChI is InChI=1S/C17H18N6O3S/c1-11-5-4-6-15(18-11)19-16(24)10-27-17-20-21-22-23(17)12-7-13(25-2)9-14(8-12)26-3/h4-9H,10H2,1-3H3,(H,18,19,24). The lowest BCUT2D eigenvalue weighted by molar-refractivity contribution is -0.113. The molecular weight excluding hydrogens is 368 g/mol. The van der Waals surface area contributed by atoms with Crippen molar-refractivity contribution in [2.24, 2.45) is 0 Å². The van der Waals surface area contributed by atoms with Gasteiger partial charge in [-0.05, 0) is 29.5 Å². The molecule has 0 aliphatic carbocycles. The molecule has 1 N–H and O–H groups in total. The molecule has 2 aromatic heterocycles. The van der Waals surface area contributed by atoms with Crippen LogP contribution in [-0.4, -0.2) is 51.1 Å². The number of aryl methyl sites for hydroxylation is 1. The molecule has 0 aliphatic heterocycles. The van der Waals surface area contributed by atoms with Crippen molar-refractivity contribution in [3.8, 4) is 17.2 Å². The Labute approximate surface area is 160 Å². The van der Waals surface area contributed by atoms with Gasteiger partial charge in [0.15, 0.2) is 0 Å². The van der Waals surface area contributed by atoms with Crippen molar-refractivity contribution in [2.75, 3.05) is 25.3 Å². The third kappa shape index (κ3) is 4.73. The molecule has 0 atom stereocenters. The molecule has 0 radical (unpaired) electrons. The summed E-state index contributed by atoms with van der Waals surface area (Å²) in [5.41, 5.74) is 1.50. The number of amides is 1. The van der Waals surface area contributed by atoms with Crippen LogP contribution in [0.5, 0.6) is 11.5 Å². The predicted octanol–water partition coefficient (Wildman–Crippen LogP) is 2.11. The van der Waals surface area contributed by atoms with Crippen molar-refractivity contribution >= 4 is 23.5 Å². The van der Waals surface area contributed by atoms with Crippen LogP contribution in [0.3, 0.4) is 0 Å². The topological polar surface area (TPSA) is 104 Å². The Morgan fingerprint density at radius 3 is 2.59 bits per heavy atom. The summed E-state index contributed by atoms with van der Waals surface area (Å²) in [6.45, 7) is 1.86. The van der Waals surface area contributed by atoms with Gasteiger partial charge in [0.05, 0.1) is 25.7 Å². The highest BCUT2D eigenvalue weighted by molar-refractivity contribution is 7.99. The van der Waals surface area contributed by atoms with Crippen LogP contribution in [0.2, 0.25) is 0 Å². The summed E-state index contributed by atoms with van der Waals surface area (Å²) in [6, 6.07) is 10.7. The maximum absolute atomic E-state index is 12.2. The maximum Gasteiger partial charge on any atom is 0.236 e. The minimum atomic E-state index is -0.198. The molecule has 27 heavy (non-hydrogen) atoms. The Balaban J connectivity index is 1.71. The third-order valence-electron chi connectivity index (χ3n) is 3.51. The monoisotopic (exact) mass is 386 g/mol. The summed E-state index contributed by atoms with van der Waals surface area (Å²) in [5.74, 6) is 1.67. The number of benzene rings is 1. The molecule has 0 saturated carbocycles. The Morgan fingerprint density at radius 1 is 1.19 bits per heavy atom. The van der Waals surface area contributed by atoms with E-state index in [1.807, 2.05) is 19.1 Å². The molecule has 9 nitrogen and oxygen atoms in total. The first kappa shape index (κ1) is 18.6. The predicted molar refractivity (Wildman–Crippen MR) is 101 cm³/mol. The van der Waals surface area contributed by atoms with Gasteiger partial charge in [0, 0.05) is 23.9 Å². The fourth-order valence-corrected chi connectivity index (χ4v) is 2.96. The summed E-state index contributed by atoms with van der Waals surface area (Å²) >= 11 is 1.21. The van der Waals surface area contributed by atoms with Gasteiger partial charge in [0.25, 0.3) is 0 Å². The second kappa shape index (κ2) is 8.49. The van der Waals surface area contributed by atoms with Crippen molar-refractivity contribution in [1.82, 2.24) is 25.2 Å². The summed E-state index contributed by atoms with van der Waals surface area (Å²) < 4.78 is 12.1. The number of methoxy groups -OCH3 is 2. The highest BCUT2D eigenvalue weighted by Gasteiger charge is 2.14. The van der Waals surface area contributed by atoms with Gasteiger partial charge in [0.1, 0.15) is 17.3 Å². The van der Waals surface area contributed by atoms with Crippen molar-refractivity contribution in [3.05, 3.63) is 42.1 Å². The molecule has 140 valence electrons. The van der Waals surface area contributed by atoms with Gasteiger partial charge < -0.3 is 14.8 Å². The average molecular weight is 386 g/mol. The summed E-state index contributed by atoms with van der Waals surface area (Å²) in [4.78, 5) is 16.4. The van der Waals surface area contributed by atoms with Crippen LogP contribution in [0.25, 0.3) is 5.69 Å². The van der Waals surface area contributed by atoms with Crippen LogP contribution in [0.1, 0.15) is 5.69 Å². The first-order chi connectivity index (χ1) is 13.1. The average Bonchev–Trinajstić information content (AvgIpc) is 3.14. The molecule has 0 spiro atoms. The van der Waals surface area contributed by atoms with E-state index in [9.17, 15) is 4.79 Å². The number of pyridine rings is 1. The Bertz CT molecular complexity index is 924. The van der Waals surface area contributed by atoms with Crippen LogP contribution in [0.15, 0.2) is 41.6 Å². The number of nitrogens with one attached hydrogen (secondary N) is 1. The van der Waals surface area contributed by atoms with Gasteiger partial charge in [-0.3, -0.25) is 4.79 Å². The van der Waals surface area contributed by atoms with E-state index in [0.29, 0.717) is 28.2 Å². The first-order valence-corrected chi connectivity index (χ1v) is 8.95. The number of aromatic nitrogens is 5. The van der Waals surface area contributed by atoms with Gasteiger partial charge >= 0.3 is 0 Å². The number of nitrogens with zero attached hydrogens (tertiary/aromatic N) is 5. The van der Waals surface area contributed by atoms with E-state index in [1.165, 1.54) is 16.4 Å². The Kier molecular flexibility index (Phi) is 5.87. The minimum absolute atomic E-state index is 0.136. The number of hydrogen-bond acceptors (Lipinski definition) is 8. The van der Waals surface area contributed by atoms with Gasteiger partial charge in [-0.2, -0.15) is 4.68 Å². The molecule has 3 rings (SSSR count). The van der Waals surface area contributed by atoms with Crippen molar-refractivity contribution < 1.29 is 14.3 Å². The van der Waals surface area contributed by atoms with E-state index in [1.54, 1.807) is 38.5 Å². The number of carbonyl (C=O) groups is 1. The number of rotatable bonds is 7. The molecule has 0 bridgehead atoms. The van der Waals surface area contributed by atoms with Gasteiger partial charge in [-0.1, -0.05) is 17.8 Å². The van der Waals surface area contributed by atoms with Gasteiger partial charge in [-0.25, -0.2) is 4.98 Å². The normalized spacial score (nSPS) is 10.5. The summed E-state index contributed by atoms with van der Waals surface area (Å²) in [5, 5.41) is 14.9. The fourth-order valence-electron chi connectivity index (χ4n) is 2.27. The number of ether oxygens (including phenoxy) is 2. The molecule has 0 fully saturated rings. The second-order valence-electron chi connectivity index (χ2n) is 5.45. The molecule has 0 aliphatic rings. The van der Waals surface area contributed by atoms with Crippen LogP contribution < -0.4 is 14.8 Å². The Morgan fingerprint density at radius 2 is 1.93 bits per heavy atom. The quantitative estimate of drug-likeness (QED) is 0.616. The van der Waals surface area contributed by atoms with Gasteiger partial charge in [-0.15, -0.1) is 5.10 Å². The molecule has 0 unspecified atom stereocenters. The Hall–Kier alpha value is -3.14. The van der Waals surface area contributed by atoms with E-state index < -0.39 is 0 Å². The number of carbonyl (C=O) groups excluding carboxylic acids is 1. The SMILES string of the molecule is COc1cc(OC)cc(-n2nnnc2SCC(=O)Nc2cccc(C)n2)c1. The summed E-state index contributed by atoms with van der Waals surface area (Å²) in [7, 11) is 3.13. The number of hydrogen-bond donors (Lipinski definition) is 1. The van der Waals surface area contributed by atoms with Crippen LogP contribution in [0.4, 0.5) is 5.82 Å². The van der Waals surface area contributed by atoms with Crippen LogP contribution >= 0.6 is 11.8 Å². The summed E-state index contributed by atoms with van der Waals surface area (Å²) in [6.07, 6.45) is 0. The van der Waals surface area contributed by atoms with Crippen molar-refractivity contribution in [1.29, 1.82) is 0 Å². The molecular formula is C17H18N6O3S. The molecule has 3 aromatic rings. The molecule has 0 saturated heterocycles. The van der Waals surface area contributed by atoms with E-state index in [0.717, 1.165) is 5.69 Å². The maximum atomic E-state index is 12.2. The van der Waals surface area contributed by atoms with E-state index >= 15 is 0 Å². The lowest BCUT2D eigenvalue weighted by atomic mass is 10.3. The van der Waals surface area contributed by atoms with E-state index in [4.69, 9.17) is 9.47 Å². The highest BCUT2D eigenvalue weighted by atomic mass is 32.2. The molecule has 10 heteroatoms. The van der Waals surface area contributed by atoms with Crippen LogP contribution in [0, 0.1) is 6.92 Å².